The van der Waals surface area contributed by atoms with Gasteiger partial charge in [-0.05, 0) is 25.1 Å². The number of carbonyl (C=O) groups is 1. The zero-order valence-corrected chi connectivity index (χ0v) is 13.5. The van der Waals surface area contributed by atoms with Crippen LogP contribution >= 0.6 is 0 Å². The van der Waals surface area contributed by atoms with Crippen LogP contribution < -0.4 is 0 Å². The topological polar surface area (TPSA) is 72.2 Å². The number of carboxylic acids is 1. The summed E-state index contributed by atoms with van der Waals surface area (Å²) in [5.74, 6) is 0.690. The third-order valence-corrected chi connectivity index (χ3v) is 4.35. The second-order valence-corrected chi connectivity index (χ2v) is 7.07. The van der Waals surface area contributed by atoms with Gasteiger partial charge in [0.25, 0.3) is 0 Å². The maximum absolute atomic E-state index is 11.5. The van der Waals surface area contributed by atoms with Crippen LogP contribution in [-0.2, 0) is 10.8 Å². The molecular formula is C15H20N2O3S. The van der Waals surface area contributed by atoms with Crippen LogP contribution in [0.2, 0.25) is 0 Å². The SMILES string of the molecule is CC(C)c1nc2cc(C(=O)O)ccc2n1C(C)CS(C)=O. The maximum Gasteiger partial charge on any atom is 0.335 e. The molecule has 0 bridgehead atoms. The molecule has 0 spiro atoms. The summed E-state index contributed by atoms with van der Waals surface area (Å²) in [7, 11) is -0.899. The summed E-state index contributed by atoms with van der Waals surface area (Å²) in [6.45, 7) is 6.11. The number of aromatic carboxylic acids is 1. The zero-order valence-electron chi connectivity index (χ0n) is 12.7. The molecule has 2 aromatic rings. The molecule has 0 aliphatic carbocycles. The number of aromatic nitrogens is 2. The molecule has 1 aromatic heterocycles. The molecule has 1 aromatic carbocycles. The number of hydrogen-bond acceptors (Lipinski definition) is 3. The molecule has 21 heavy (non-hydrogen) atoms. The molecule has 5 nitrogen and oxygen atoms in total. The van der Waals surface area contributed by atoms with Crippen LogP contribution in [0, 0.1) is 0 Å². The highest BCUT2D eigenvalue weighted by molar-refractivity contribution is 7.84. The van der Waals surface area contributed by atoms with Gasteiger partial charge in [0.05, 0.1) is 16.6 Å². The van der Waals surface area contributed by atoms with Crippen molar-refractivity contribution in [1.82, 2.24) is 9.55 Å². The lowest BCUT2D eigenvalue weighted by molar-refractivity contribution is 0.0697. The lowest BCUT2D eigenvalue weighted by Gasteiger charge is -2.18. The van der Waals surface area contributed by atoms with Crippen molar-refractivity contribution in [2.45, 2.75) is 32.7 Å². The fraction of sp³-hybridized carbons (Fsp3) is 0.467. The number of benzene rings is 1. The molecule has 0 radical (unpaired) electrons. The Morgan fingerprint density at radius 1 is 1.38 bits per heavy atom. The Hall–Kier alpha value is -1.69. The van der Waals surface area contributed by atoms with Gasteiger partial charge in [0.2, 0.25) is 0 Å². The number of rotatable bonds is 5. The molecule has 2 rings (SSSR count). The fourth-order valence-electron chi connectivity index (χ4n) is 2.54. The Balaban J connectivity index is 2.63. The van der Waals surface area contributed by atoms with E-state index < -0.39 is 16.8 Å². The summed E-state index contributed by atoms with van der Waals surface area (Å²) in [4.78, 5) is 15.7. The van der Waals surface area contributed by atoms with Gasteiger partial charge < -0.3 is 9.67 Å². The van der Waals surface area contributed by atoms with Crippen molar-refractivity contribution < 1.29 is 14.1 Å². The quantitative estimate of drug-likeness (QED) is 0.922. The molecule has 114 valence electrons. The summed E-state index contributed by atoms with van der Waals surface area (Å²) in [5, 5.41) is 9.08. The highest BCUT2D eigenvalue weighted by atomic mass is 32.2. The van der Waals surface area contributed by atoms with Crippen LogP contribution in [0.5, 0.6) is 0 Å². The van der Waals surface area contributed by atoms with Crippen LogP contribution in [-0.4, -0.2) is 36.8 Å². The smallest absolute Gasteiger partial charge is 0.335 e. The normalized spacial score (nSPS) is 14.5. The van der Waals surface area contributed by atoms with E-state index in [-0.39, 0.29) is 17.5 Å². The zero-order chi connectivity index (χ0) is 15.7. The van der Waals surface area contributed by atoms with Gasteiger partial charge in [0.15, 0.2) is 0 Å². The molecule has 1 N–H and O–H groups in total. The molecule has 0 aliphatic heterocycles. The third-order valence-electron chi connectivity index (χ3n) is 3.40. The van der Waals surface area contributed by atoms with Crippen molar-refractivity contribution in [1.29, 1.82) is 0 Å². The Morgan fingerprint density at radius 2 is 2.05 bits per heavy atom. The van der Waals surface area contributed by atoms with Crippen LogP contribution in [0.3, 0.4) is 0 Å². The predicted molar refractivity (Wildman–Crippen MR) is 84.4 cm³/mol. The largest absolute Gasteiger partial charge is 0.478 e. The second-order valence-electron chi connectivity index (χ2n) is 5.59. The first-order chi connectivity index (χ1) is 9.81. The van der Waals surface area contributed by atoms with Gasteiger partial charge in [-0.15, -0.1) is 0 Å². The van der Waals surface area contributed by atoms with Gasteiger partial charge in [-0.25, -0.2) is 9.78 Å². The lowest BCUT2D eigenvalue weighted by atomic mass is 10.2. The molecular weight excluding hydrogens is 288 g/mol. The van der Waals surface area contributed by atoms with Gasteiger partial charge in [-0.2, -0.15) is 0 Å². The van der Waals surface area contributed by atoms with Crippen LogP contribution in [0.15, 0.2) is 18.2 Å². The van der Waals surface area contributed by atoms with E-state index in [9.17, 15) is 9.00 Å². The van der Waals surface area contributed by atoms with E-state index >= 15 is 0 Å². The van der Waals surface area contributed by atoms with Crippen LogP contribution in [0.1, 0.15) is 48.9 Å². The molecule has 2 unspecified atom stereocenters. The minimum atomic E-state index is -0.958. The highest BCUT2D eigenvalue weighted by Crippen LogP contribution is 2.27. The minimum absolute atomic E-state index is 0.0499. The number of imidazole rings is 1. The highest BCUT2D eigenvalue weighted by Gasteiger charge is 2.19. The van der Waals surface area contributed by atoms with E-state index in [2.05, 4.69) is 9.55 Å². The van der Waals surface area contributed by atoms with Crippen molar-refractivity contribution in [3.63, 3.8) is 0 Å². The van der Waals surface area contributed by atoms with E-state index in [0.717, 1.165) is 11.3 Å². The molecule has 0 fully saturated rings. The van der Waals surface area contributed by atoms with Crippen LogP contribution in [0.4, 0.5) is 0 Å². The first-order valence-corrected chi connectivity index (χ1v) is 8.59. The molecule has 0 saturated carbocycles. The first kappa shape index (κ1) is 15.7. The average molecular weight is 308 g/mol. The molecule has 0 saturated heterocycles. The number of carboxylic acid groups (broad SMARTS) is 1. The number of fused-ring (bicyclic) bond motifs is 1. The van der Waals surface area contributed by atoms with E-state index in [4.69, 9.17) is 5.11 Å². The fourth-order valence-corrected chi connectivity index (χ4v) is 3.36. The van der Waals surface area contributed by atoms with Gasteiger partial charge in [0.1, 0.15) is 5.82 Å². The van der Waals surface area contributed by atoms with Gasteiger partial charge in [0, 0.05) is 34.8 Å². The van der Waals surface area contributed by atoms with Gasteiger partial charge in [-0.1, -0.05) is 13.8 Å². The maximum atomic E-state index is 11.5. The Bertz CT molecular complexity index is 706. The summed E-state index contributed by atoms with van der Waals surface area (Å²) in [6, 6.07) is 5.01. The first-order valence-electron chi connectivity index (χ1n) is 6.86. The minimum Gasteiger partial charge on any atom is -0.478 e. The lowest BCUT2D eigenvalue weighted by Crippen LogP contribution is -2.16. The molecule has 2 atom stereocenters. The Morgan fingerprint density at radius 3 is 2.57 bits per heavy atom. The number of hydrogen-bond donors (Lipinski definition) is 1. The van der Waals surface area contributed by atoms with Crippen molar-refractivity contribution >= 4 is 27.8 Å². The molecule has 0 aliphatic rings. The van der Waals surface area contributed by atoms with E-state index in [1.54, 1.807) is 24.5 Å². The summed E-state index contributed by atoms with van der Waals surface area (Å²) < 4.78 is 13.6. The summed E-state index contributed by atoms with van der Waals surface area (Å²) in [5.41, 5.74) is 1.79. The summed E-state index contributed by atoms with van der Waals surface area (Å²) >= 11 is 0. The standard InChI is InChI=1S/C15H20N2O3S/c1-9(2)14-16-12-7-11(15(18)19)5-6-13(12)17(14)10(3)8-21(4)20/h5-7,9-10H,8H2,1-4H3,(H,18,19). The van der Waals surface area contributed by atoms with Gasteiger partial charge >= 0.3 is 5.97 Å². The second kappa shape index (κ2) is 5.97. The predicted octanol–water partition coefficient (Wildman–Crippen LogP) is 2.80. The average Bonchev–Trinajstić information content (AvgIpc) is 2.76. The van der Waals surface area contributed by atoms with E-state index in [1.807, 2.05) is 20.8 Å². The Kier molecular flexibility index (Phi) is 4.46. The van der Waals surface area contributed by atoms with Crippen LogP contribution in [0.25, 0.3) is 11.0 Å². The Labute approximate surface area is 126 Å². The molecule has 0 amide bonds. The monoisotopic (exact) mass is 308 g/mol. The van der Waals surface area contributed by atoms with Gasteiger partial charge in [-0.3, -0.25) is 4.21 Å². The molecule has 6 heteroatoms. The third kappa shape index (κ3) is 3.15. The molecule has 1 heterocycles. The van der Waals surface area contributed by atoms with E-state index in [0.29, 0.717) is 11.3 Å². The summed E-state index contributed by atoms with van der Waals surface area (Å²) in [6.07, 6.45) is 1.69. The van der Waals surface area contributed by atoms with E-state index in [1.165, 1.54) is 0 Å². The van der Waals surface area contributed by atoms with Crippen molar-refractivity contribution in [3.8, 4) is 0 Å². The van der Waals surface area contributed by atoms with Crippen molar-refractivity contribution in [3.05, 3.63) is 29.6 Å². The van der Waals surface area contributed by atoms with Crippen molar-refractivity contribution in [2.24, 2.45) is 0 Å². The van der Waals surface area contributed by atoms with Crippen molar-refractivity contribution in [2.75, 3.05) is 12.0 Å². The number of nitrogens with zero attached hydrogens (tertiary/aromatic N) is 2.